The lowest BCUT2D eigenvalue weighted by molar-refractivity contribution is 0.724. The second kappa shape index (κ2) is 3.66. The maximum atomic E-state index is 5.30. The molecule has 0 aliphatic carbocycles. The summed E-state index contributed by atoms with van der Waals surface area (Å²) in [5.74, 6) is 3.11. The molecule has 2 heteroatoms. The summed E-state index contributed by atoms with van der Waals surface area (Å²) in [5.41, 5.74) is 3.63. The van der Waals surface area contributed by atoms with Gasteiger partial charge >= 0.3 is 0 Å². The zero-order valence-electron chi connectivity index (χ0n) is 8.76. The molecule has 1 heterocycles. The van der Waals surface area contributed by atoms with Gasteiger partial charge in [0.05, 0.1) is 5.69 Å². The Labute approximate surface area is 80.0 Å². The molecular formula is C11H16N2. The molecule has 0 saturated carbocycles. The Hall–Kier alpha value is -1.23. The molecule has 0 radical (unpaired) electrons. The first-order valence-corrected chi connectivity index (χ1v) is 4.51. The number of nitrogens with zero attached hydrogens (tertiary/aromatic N) is 2. The second-order valence-corrected chi connectivity index (χ2v) is 3.52. The lowest BCUT2D eigenvalue weighted by Gasteiger charge is -2.08. The summed E-state index contributed by atoms with van der Waals surface area (Å²) in [7, 11) is 1.97. The first-order chi connectivity index (χ1) is 6.07. The molecule has 0 aromatic carbocycles. The molecular weight excluding hydrogens is 160 g/mol. The van der Waals surface area contributed by atoms with E-state index < -0.39 is 0 Å². The highest BCUT2D eigenvalue weighted by Crippen LogP contribution is 2.24. The van der Waals surface area contributed by atoms with E-state index in [1.807, 2.05) is 18.7 Å². The lowest BCUT2D eigenvalue weighted by Crippen LogP contribution is -1.97. The van der Waals surface area contributed by atoms with Crippen LogP contribution < -0.4 is 0 Å². The minimum absolute atomic E-state index is 0.415. The maximum absolute atomic E-state index is 5.30. The molecule has 1 aromatic heterocycles. The van der Waals surface area contributed by atoms with Crippen molar-refractivity contribution in [3.63, 3.8) is 0 Å². The minimum atomic E-state index is 0.415. The summed E-state index contributed by atoms with van der Waals surface area (Å²) in [6, 6.07) is 0. The largest absolute Gasteiger partial charge is 0.272 e. The van der Waals surface area contributed by atoms with Crippen molar-refractivity contribution >= 4 is 0 Å². The van der Waals surface area contributed by atoms with Crippen LogP contribution in [-0.4, -0.2) is 9.78 Å². The van der Waals surface area contributed by atoms with E-state index in [2.05, 4.69) is 24.9 Å². The van der Waals surface area contributed by atoms with Crippen LogP contribution in [0.1, 0.15) is 36.2 Å². The van der Waals surface area contributed by atoms with Gasteiger partial charge in [0.2, 0.25) is 0 Å². The molecule has 0 saturated heterocycles. The summed E-state index contributed by atoms with van der Waals surface area (Å²) in [6.45, 7) is 6.27. The third-order valence-corrected chi connectivity index (χ3v) is 2.48. The van der Waals surface area contributed by atoms with Crippen molar-refractivity contribution in [1.29, 1.82) is 0 Å². The van der Waals surface area contributed by atoms with E-state index in [1.54, 1.807) is 0 Å². The highest BCUT2D eigenvalue weighted by Gasteiger charge is 2.14. The van der Waals surface area contributed by atoms with Crippen molar-refractivity contribution in [2.45, 2.75) is 33.1 Å². The maximum Gasteiger partial charge on any atom is 0.0631 e. The third-order valence-electron chi connectivity index (χ3n) is 2.48. The van der Waals surface area contributed by atoms with Gasteiger partial charge < -0.3 is 0 Å². The zero-order valence-corrected chi connectivity index (χ0v) is 8.76. The Morgan fingerprint density at radius 2 is 2.15 bits per heavy atom. The molecule has 1 unspecified atom stereocenters. The number of aromatic nitrogens is 2. The van der Waals surface area contributed by atoms with Gasteiger partial charge in [0, 0.05) is 19.2 Å². The predicted octanol–water partition coefficient (Wildman–Crippen LogP) is 2.16. The summed E-state index contributed by atoms with van der Waals surface area (Å²) in [5, 5.41) is 4.36. The Morgan fingerprint density at radius 1 is 1.54 bits per heavy atom. The van der Waals surface area contributed by atoms with E-state index >= 15 is 0 Å². The van der Waals surface area contributed by atoms with Crippen molar-refractivity contribution in [2.75, 3.05) is 0 Å². The fourth-order valence-electron chi connectivity index (χ4n) is 1.78. The normalized spacial score (nSPS) is 12.5. The molecule has 2 nitrogen and oxygen atoms in total. The molecule has 1 atom stereocenters. The van der Waals surface area contributed by atoms with Crippen LogP contribution in [0.2, 0.25) is 0 Å². The summed E-state index contributed by atoms with van der Waals surface area (Å²) >= 11 is 0. The van der Waals surface area contributed by atoms with E-state index in [0.717, 1.165) is 12.1 Å². The fraction of sp³-hybridized carbons (Fsp3) is 0.545. The molecule has 1 aromatic rings. The Bertz CT molecular complexity index is 342. The average Bonchev–Trinajstić information content (AvgIpc) is 2.27. The minimum Gasteiger partial charge on any atom is -0.272 e. The zero-order chi connectivity index (χ0) is 10.0. The van der Waals surface area contributed by atoms with Crippen LogP contribution in [0.25, 0.3) is 0 Å². The van der Waals surface area contributed by atoms with Gasteiger partial charge in [-0.3, -0.25) is 4.68 Å². The number of rotatable bonds is 2. The van der Waals surface area contributed by atoms with E-state index in [9.17, 15) is 0 Å². The molecule has 13 heavy (non-hydrogen) atoms. The Kier molecular flexibility index (Phi) is 2.77. The molecule has 0 bridgehead atoms. The lowest BCUT2D eigenvalue weighted by atomic mass is 9.96. The van der Waals surface area contributed by atoms with Crippen molar-refractivity contribution in [3.05, 3.63) is 17.0 Å². The molecule has 0 spiro atoms. The van der Waals surface area contributed by atoms with Crippen LogP contribution in [-0.2, 0) is 7.05 Å². The van der Waals surface area contributed by atoms with E-state index in [4.69, 9.17) is 6.42 Å². The molecule has 0 fully saturated rings. The van der Waals surface area contributed by atoms with Crippen molar-refractivity contribution < 1.29 is 0 Å². The van der Waals surface area contributed by atoms with Crippen molar-refractivity contribution in [3.8, 4) is 12.3 Å². The number of aryl methyl sites for hydroxylation is 2. The molecule has 0 aliphatic rings. The standard InChI is InChI=1S/C11H16N2/c1-6-7-8(2)11-9(3)12-13(5)10(11)4/h1,8H,7H2,2-5H3. The van der Waals surface area contributed by atoms with E-state index in [1.165, 1.54) is 11.3 Å². The molecule has 0 amide bonds. The quantitative estimate of drug-likeness (QED) is 0.631. The smallest absolute Gasteiger partial charge is 0.0631 e. The van der Waals surface area contributed by atoms with Gasteiger partial charge in [-0.25, -0.2) is 0 Å². The molecule has 0 N–H and O–H groups in total. The molecule has 70 valence electrons. The fourth-order valence-corrected chi connectivity index (χ4v) is 1.78. The van der Waals surface area contributed by atoms with E-state index in [0.29, 0.717) is 5.92 Å². The summed E-state index contributed by atoms with van der Waals surface area (Å²) < 4.78 is 1.91. The van der Waals surface area contributed by atoms with Gasteiger partial charge in [-0.2, -0.15) is 5.10 Å². The van der Waals surface area contributed by atoms with Gasteiger partial charge in [0.15, 0.2) is 0 Å². The van der Waals surface area contributed by atoms with Crippen LogP contribution >= 0.6 is 0 Å². The predicted molar refractivity (Wildman–Crippen MR) is 54.5 cm³/mol. The number of hydrogen-bond acceptors (Lipinski definition) is 1. The van der Waals surface area contributed by atoms with E-state index in [-0.39, 0.29) is 0 Å². The van der Waals surface area contributed by atoms with Crippen LogP contribution in [0.5, 0.6) is 0 Å². The monoisotopic (exact) mass is 176 g/mol. The SMILES string of the molecule is C#CCC(C)c1c(C)nn(C)c1C. The highest BCUT2D eigenvalue weighted by atomic mass is 15.3. The van der Waals surface area contributed by atoms with Gasteiger partial charge in [-0.1, -0.05) is 6.92 Å². The van der Waals surface area contributed by atoms with Crippen LogP contribution in [0.15, 0.2) is 0 Å². The summed E-state index contributed by atoms with van der Waals surface area (Å²) in [4.78, 5) is 0. The highest BCUT2D eigenvalue weighted by molar-refractivity contribution is 5.28. The first-order valence-electron chi connectivity index (χ1n) is 4.51. The van der Waals surface area contributed by atoms with Gasteiger partial charge in [0.1, 0.15) is 0 Å². The average molecular weight is 176 g/mol. The number of hydrogen-bond donors (Lipinski definition) is 0. The summed E-state index contributed by atoms with van der Waals surface area (Å²) in [6.07, 6.45) is 6.08. The second-order valence-electron chi connectivity index (χ2n) is 3.52. The Morgan fingerprint density at radius 3 is 2.54 bits per heavy atom. The van der Waals surface area contributed by atoms with Crippen LogP contribution in [0.3, 0.4) is 0 Å². The van der Waals surface area contributed by atoms with Gasteiger partial charge in [0.25, 0.3) is 0 Å². The number of terminal acetylenes is 1. The van der Waals surface area contributed by atoms with Gasteiger partial charge in [-0.05, 0) is 25.3 Å². The van der Waals surface area contributed by atoms with Crippen LogP contribution in [0.4, 0.5) is 0 Å². The first kappa shape index (κ1) is 9.85. The van der Waals surface area contributed by atoms with Crippen LogP contribution in [0, 0.1) is 26.2 Å². The van der Waals surface area contributed by atoms with Gasteiger partial charge in [-0.15, -0.1) is 12.3 Å². The Balaban J connectivity index is 3.07. The topological polar surface area (TPSA) is 17.8 Å². The molecule has 1 rings (SSSR count). The third kappa shape index (κ3) is 1.75. The van der Waals surface area contributed by atoms with Crippen molar-refractivity contribution in [1.82, 2.24) is 9.78 Å². The molecule has 0 aliphatic heterocycles. The van der Waals surface area contributed by atoms with Crippen molar-refractivity contribution in [2.24, 2.45) is 7.05 Å².